The van der Waals surface area contributed by atoms with E-state index in [1.807, 2.05) is 18.3 Å². The van der Waals surface area contributed by atoms with Gasteiger partial charge in [-0.15, -0.1) is 24.8 Å². The summed E-state index contributed by atoms with van der Waals surface area (Å²) in [6.07, 6.45) is 5.78. The summed E-state index contributed by atoms with van der Waals surface area (Å²) >= 11 is 0. The van der Waals surface area contributed by atoms with Crippen molar-refractivity contribution in [3.05, 3.63) is 18.3 Å². The molecule has 1 atom stereocenters. The maximum Gasteiger partial charge on any atom is 0.171 e. The van der Waals surface area contributed by atoms with Gasteiger partial charge in [0.05, 0.1) is 0 Å². The summed E-state index contributed by atoms with van der Waals surface area (Å²) in [5, 5.41) is 3.32. The molecule has 3 heterocycles. The second kappa shape index (κ2) is 7.78. The molecule has 0 unspecified atom stereocenters. The number of pyridine rings is 1. The lowest BCUT2D eigenvalue weighted by atomic mass is 10.3. The predicted molar refractivity (Wildman–Crippen MR) is 82.1 cm³/mol. The molecule has 1 N–H and O–H groups in total. The average molecular weight is 306 g/mol. The molecule has 1 aromatic heterocycles. The number of nitrogens with zero attached hydrogens (tertiary/aromatic N) is 2. The third kappa shape index (κ3) is 3.88. The maximum atomic E-state index is 6.05. The molecule has 0 bridgehead atoms. The monoisotopic (exact) mass is 305 g/mol. The van der Waals surface area contributed by atoms with Crippen molar-refractivity contribution in [3.63, 3.8) is 0 Å². The Morgan fingerprint density at radius 3 is 2.74 bits per heavy atom. The van der Waals surface area contributed by atoms with Crippen LogP contribution in [-0.4, -0.2) is 37.3 Å². The Morgan fingerprint density at radius 2 is 2.05 bits per heavy atom. The van der Waals surface area contributed by atoms with E-state index in [0.29, 0.717) is 6.10 Å². The van der Waals surface area contributed by atoms with Crippen LogP contribution in [0.5, 0.6) is 5.75 Å². The SMILES string of the molecule is Cl.Cl.c1cnc(N2CCCC2)c(O[C@H]2CCNC2)c1. The first kappa shape index (κ1) is 16.3. The largest absolute Gasteiger partial charge is 0.485 e. The molecule has 2 aliphatic rings. The van der Waals surface area contributed by atoms with Crippen molar-refractivity contribution in [1.29, 1.82) is 0 Å². The van der Waals surface area contributed by atoms with Crippen molar-refractivity contribution in [2.75, 3.05) is 31.1 Å². The minimum atomic E-state index is 0. The third-order valence-corrected chi connectivity index (χ3v) is 3.47. The molecule has 0 aliphatic carbocycles. The van der Waals surface area contributed by atoms with Gasteiger partial charge in [0.1, 0.15) is 6.10 Å². The first-order valence-corrected chi connectivity index (χ1v) is 6.51. The molecule has 0 saturated carbocycles. The van der Waals surface area contributed by atoms with Crippen molar-refractivity contribution in [2.45, 2.75) is 25.4 Å². The summed E-state index contributed by atoms with van der Waals surface area (Å²) in [6, 6.07) is 4.00. The molecule has 6 heteroatoms. The van der Waals surface area contributed by atoms with Crippen LogP contribution in [0.15, 0.2) is 18.3 Å². The number of hydrogen-bond acceptors (Lipinski definition) is 4. The van der Waals surface area contributed by atoms with E-state index in [4.69, 9.17) is 4.74 Å². The van der Waals surface area contributed by atoms with E-state index in [1.165, 1.54) is 12.8 Å². The Morgan fingerprint density at radius 1 is 1.26 bits per heavy atom. The predicted octanol–water partition coefficient (Wildman–Crippen LogP) is 2.27. The molecule has 3 rings (SSSR count). The number of anilines is 1. The van der Waals surface area contributed by atoms with Crippen molar-refractivity contribution >= 4 is 30.6 Å². The zero-order chi connectivity index (χ0) is 11.5. The molecule has 0 radical (unpaired) electrons. The van der Waals surface area contributed by atoms with Crippen molar-refractivity contribution in [3.8, 4) is 5.75 Å². The van der Waals surface area contributed by atoms with Crippen LogP contribution >= 0.6 is 24.8 Å². The summed E-state index contributed by atoms with van der Waals surface area (Å²) in [6.45, 7) is 4.23. The lowest BCUT2D eigenvalue weighted by Crippen LogP contribution is -2.23. The second-order valence-corrected chi connectivity index (χ2v) is 4.75. The van der Waals surface area contributed by atoms with Crippen molar-refractivity contribution in [2.24, 2.45) is 0 Å². The normalized spacial score (nSPS) is 21.7. The first-order chi connectivity index (χ1) is 8.43. The first-order valence-electron chi connectivity index (χ1n) is 6.51. The van der Waals surface area contributed by atoms with Gasteiger partial charge in [-0.3, -0.25) is 0 Å². The zero-order valence-corrected chi connectivity index (χ0v) is 12.5. The standard InChI is InChI=1S/C13H19N3O.2ClH/c1-2-9-16(8-1)13-12(4-3-6-15-13)17-11-5-7-14-10-11;;/h3-4,6,11,14H,1-2,5,7-10H2;2*1H/t11-;;/m0../s1. The Bertz CT molecular complexity index is 380. The summed E-state index contributed by atoms with van der Waals surface area (Å²) in [4.78, 5) is 6.81. The highest BCUT2D eigenvalue weighted by atomic mass is 35.5. The summed E-state index contributed by atoms with van der Waals surface area (Å²) in [5.41, 5.74) is 0. The van der Waals surface area contributed by atoms with E-state index in [1.54, 1.807) is 0 Å². The number of aromatic nitrogens is 1. The van der Waals surface area contributed by atoms with E-state index in [9.17, 15) is 0 Å². The van der Waals surface area contributed by atoms with E-state index in [0.717, 1.165) is 44.2 Å². The quantitative estimate of drug-likeness (QED) is 0.929. The van der Waals surface area contributed by atoms with Crippen LogP contribution in [0, 0.1) is 0 Å². The van der Waals surface area contributed by atoms with Gasteiger partial charge in [0.2, 0.25) is 0 Å². The molecular formula is C13H21Cl2N3O. The van der Waals surface area contributed by atoms with E-state index < -0.39 is 0 Å². The number of halogens is 2. The van der Waals surface area contributed by atoms with Gasteiger partial charge in [-0.1, -0.05) is 0 Å². The molecule has 0 spiro atoms. The average Bonchev–Trinajstić information content (AvgIpc) is 3.01. The molecule has 108 valence electrons. The number of hydrogen-bond donors (Lipinski definition) is 1. The molecule has 4 nitrogen and oxygen atoms in total. The fourth-order valence-corrected chi connectivity index (χ4v) is 2.55. The van der Waals surface area contributed by atoms with Crippen LogP contribution in [0.25, 0.3) is 0 Å². The molecule has 0 amide bonds. The van der Waals surface area contributed by atoms with Gasteiger partial charge in [0.15, 0.2) is 11.6 Å². The van der Waals surface area contributed by atoms with E-state index in [-0.39, 0.29) is 24.8 Å². The van der Waals surface area contributed by atoms with Crippen molar-refractivity contribution < 1.29 is 4.74 Å². The topological polar surface area (TPSA) is 37.4 Å². The van der Waals surface area contributed by atoms with Crippen LogP contribution in [0.4, 0.5) is 5.82 Å². The second-order valence-electron chi connectivity index (χ2n) is 4.75. The summed E-state index contributed by atoms with van der Waals surface area (Å²) in [5.74, 6) is 1.97. The van der Waals surface area contributed by atoms with Crippen molar-refractivity contribution in [1.82, 2.24) is 10.3 Å². The van der Waals surface area contributed by atoms with Crippen LogP contribution in [0.2, 0.25) is 0 Å². The zero-order valence-electron chi connectivity index (χ0n) is 10.9. The molecule has 1 aromatic rings. The van der Waals surface area contributed by atoms with Gasteiger partial charge in [0, 0.05) is 25.8 Å². The molecular weight excluding hydrogens is 285 g/mol. The van der Waals surface area contributed by atoms with Crippen LogP contribution < -0.4 is 15.0 Å². The van der Waals surface area contributed by atoms with Crippen LogP contribution in [0.3, 0.4) is 0 Å². The molecule has 2 saturated heterocycles. The minimum absolute atomic E-state index is 0. The van der Waals surface area contributed by atoms with Gasteiger partial charge < -0.3 is 15.0 Å². The van der Waals surface area contributed by atoms with Gasteiger partial charge >= 0.3 is 0 Å². The fourth-order valence-electron chi connectivity index (χ4n) is 2.55. The fraction of sp³-hybridized carbons (Fsp3) is 0.615. The highest BCUT2D eigenvalue weighted by molar-refractivity contribution is 5.85. The molecule has 19 heavy (non-hydrogen) atoms. The van der Waals surface area contributed by atoms with Crippen LogP contribution in [0.1, 0.15) is 19.3 Å². The summed E-state index contributed by atoms with van der Waals surface area (Å²) in [7, 11) is 0. The van der Waals surface area contributed by atoms with Crippen LogP contribution in [-0.2, 0) is 0 Å². The van der Waals surface area contributed by atoms with Gasteiger partial charge in [-0.05, 0) is 37.9 Å². The Labute approximate surface area is 126 Å². The Kier molecular flexibility index (Phi) is 6.69. The highest BCUT2D eigenvalue weighted by Gasteiger charge is 2.21. The Balaban J connectivity index is 0.000000902. The van der Waals surface area contributed by atoms with Gasteiger partial charge in [-0.2, -0.15) is 0 Å². The number of ether oxygens (including phenoxy) is 1. The maximum absolute atomic E-state index is 6.05. The minimum Gasteiger partial charge on any atom is -0.485 e. The lowest BCUT2D eigenvalue weighted by molar-refractivity contribution is 0.223. The number of nitrogens with one attached hydrogen (secondary N) is 1. The van der Waals surface area contributed by atoms with E-state index >= 15 is 0 Å². The molecule has 0 aromatic carbocycles. The third-order valence-electron chi connectivity index (χ3n) is 3.47. The number of rotatable bonds is 3. The lowest BCUT2D eigenvalue weighted by Gasteiger charge is -2.21. The van der Waals surface area contributed by atoms with Gasteiger partial charge in [-0.25, -0.2) is 4.98 Å². The highest BCUT2D eigenvalue weighted by Crippen LogP contribution is 2.29. The Hall–Kier alpha value is -0.710. The smallest absolute Gasteiger partial charge is 0.171 e. The molecule has 2 fully saturated rings. The van der Waals surface area contributed by atoms with E-state index in [2.05, 4.69) is 15.2 Å². The molecule has 2 aliphatic heterocycles. The van der Waals surface area contributed by atoms with Gasteiger partial charge in [0.25, 0.3) is 0 Å². The summed E-state index contributed by atoms with van der Waals surface area (Å²) < 4.78 is 6.05.